The molecule has 0 N–H and O–H groups in total. The number of pyridine rings is 1. The fourth-order valence-electron chi connectivity index (χ4n) is 4.65. The Labute approximate surface area is 219 Å². The van der Waals surface area contributed by atoms with Gasteiger partial charge in [-0.2, -0.15) is 0 Å². The molecule has 6 nitrogen and oxygen atoms in total. The van der Waals surface area contributed by atoms with Crippen molar-refractivity contribution in [1.82, 2.24) is 4.98 Å². The molecule has 2 aliphatic rings. The van der Waals surface area contributed by atoms with Gasteiger partial charge in [0, 0.05) is 5.39 Å². The molecule has 0 saturated heterocycles. The normalized spacial score (nSPS) is 15.2. The van der Waals surface area contributed by atoms with Crippen LogP contribution in [0.15, 0.2) is 58.4 Å². The number of carbonyl (C=O) groups is 2. The number of ether oxygens (including phenoxy) is 3. The minimum atomic E-state index is -0.502. The molecule has 0 saturated carbocycles. The van der Waals surface area contributed by atoms with Crippen LogP contribution in [-0.2, 0) is 11.2 Å². The van der Waals surface area contributed by atoms with E-state index in [1.807, 2.05) is 42.5 Å². The summed E-state index contributed by atoms with van der Waals surface area (Å²) in [7, 11) is 0. The summed E-state index contributed by atoms with van der Waals surface area (Å²) >= 11 is 4.68. The minimum Gasteiger partial charge on any atom is -0.454 e. The molecule has 0 bridgehead atoms. The molecule has 0 radical (unpaired) electrons. The van der Waals surface area contributed by atoms with Crippen molar-refractivity contribution >= 4 is 61.6 Å². The number of allylic oxidation sites excluding steroid dienone is 1. The Bertz CT molecular complexity index is 1560. The van der Waals surface area contributed by atoms with Crippen molar-refractivity contribution in [1.29, 1.82) is 0 Å². The number of benzene rings is 2. The van der Waals surface area contributed by atoms with E-state index in [1.54, 1.807) is 12.1 Å². The van der Waals surface area contributed by atoms with E-state index in [0.717, 1.165) is 61.4 Å². The Kier molecular flexibility index (Phi) is 6.07. The lowest BCUT2D eigenvalue weighted by Gasteiger charge is -2.22. The van der Waals surface area contributed by atoms with Gasteiger partial charge in [0.1, 0.15) is 0 Å². The van der Waals surface area contributed by atoms with Gasteiger partial charge >= 0.3 is 5.97 Å². The first-order valence-corrected chi connectivity index (χ1v) is 13.2. The largest absolute Gasteiger partial charge is 0.454 e. The fraction of sp³-hybridized carbons (Fsp3) is 0.179. The summed E-state index contributed by atoms with van der Waals surface area (Å²) in [5, 5.41) is 0.733. The van der Waals surface area contributed by atoms with Crippen LogP contribution < -0.4 is 9.47 Å². The molecule has 0 unspecified atom stereocenters. The summed E-state index contributed by atoms with van der Waals surface area (Å²) in [6.07, 6.45) is 4.52. The number of para-hydroxylation sites is 1. The van der Waals surface area contributed by atoms with Gasteiger partial charge in [-0.25, -0.2) is 9.78 Å². The van der Waals surface area contributed by atoms with Gasteiger partial charge in [0.25, 0.3) is 0 Å². The SMILES string of the molecule is O=C(COC(=O)c1c2c(nc3ccccc13)/C(=C/c1ccc3c(c1)OCO3)CCC2)c1ccc(Br)s1. The van der Waals surface area contributed by atoms with Crippen LogP contribution in [0.3, 0.4) is 0 Å². The van der Waals surface area contributed by atoms with Crippen molar-refractivity contribution < 1.29 is 23.8 Å². The number of hydrogen-bond acceptors (Lipinski definition) is 7. The van der Waals surface area contributed by atoms with Crippen molar-refractivity contribution in [2.75, 3.05) is 13.4 Å². The van der Waals surface area contributed by atoms with Crippen LogP contribution in [0.4, 0.5) is 0 Å². The molecule has 1 aliphatic heterocycles. The molecule has 2 aromatic heterocycles. The molecular weight excluding hydrogens is 542 g/mol. The zero-order valence-corrected chi connectivity index (χ0v) is 21.5. The number of fused-ring (bicyclic) bond motifs is 3. The van der Waals surface area contributed by atoms with E-state index in [-0.39, 0.29) is 19.2 Å². The zero-order valence-electron chi connectivity index (χ0n) is 19.1. The van der Waals surface area contributed by atoms with Crippen LogP contribution in [0, 0.1) is 0 Å². The molecule has 36 heavy (non-hydrogen) atoms. The van der Waals surface area contributed by atoms with Crippen molar-refractivity contribution in [2.24, 2.45) is 0 Å². The number of aromatic nitrogens is 1. The van der Waals surface area contributed by atoms with Gasteiger partial charge in [-0.15, -0.1) is 11.3 Å². The number of rotatable bonds is 5. The van der Waals surface area contributed by atoms with Gasteiger partial charge in [0.15, 0.2) is 18.1 Å². The van der Waals surface area contributed by atoms with E-state index in [0.29, 0.717) is 16.9 Å². The predicted molar refractivity (Wildman–Crippen MR) is 142 cm³/mol. The van der Waals surface area contributed by atoms with E-state index in [2.05, 4.69) is 22.0 Å². The molecule has 8 heteroatoms. The first-order chi connectivity index (χ1) is 17.6. The van der Waals surface area contributed by atoms with Gasteiger partial charge in [-0.3, -0.25) is 4.79 Å². The Morgan fingerprint density at radius 2 is 1.92 bits per heavy atom. The highest BCUT2D eigenvalue weighted by atomic mass is 79.9. The number of nitrogens with zero attached hydrogens (tertiary/aromatic N) is 1. The molecule has 0 amide bonds. The molecule has 4 aromatic rings. The quantitative estimate of drug-likeness (QED) is 0.199. The first-order valence-electron chi connectivity index (χ1n) is 11.5. The second-order valence-electron chi connectivity index (χ2n) is 8.57. The molecule has 0 atom stereocenters. The maximum absolute atomic E-state index is 13.4. The molecule has 180 valence electrons. The summed E-state index contributed by atoms with van der Waals surface area (Å²) in [6, 6.07) is 16.9. The van der Waals surface area contributed by atoms with Crippen molar-refractivity contribution in [3.05, 3.63) is 85.6 Å². The van der Waals surface area contributed by atoms with Crippen LogP contribution in [0.25, 0.3) is 22.6 Å². The summed E-state index contributed by atoms with van der Waals surface area (Å²) in [4.78, 5) is 31.5. The summed E-state index contributed by atoms with van der Waals surface area (Å²) in [6.45, 7) is -0.0828. The van der Waals surface area contributed by atoms with E-state index >= 15 is 0 Å². The third-order valence-electron chi connectivity index (χ3n) is 6.29. The average molecular weight is 562 g/mol. The highest BCUT2D eigenvalue weighted by Crippen LogP contribution is 2.38. The molecule has 2 aromatic carbocycles. The summed E-state index contributed by atoms with van der Waals surface area (Å²) in [5.41, 5.74) is 4.91. The number of hydrogen-bond donors (Lipinski definition) is 0. The lowest BCUT2D eigenvalue weighted by Crippen LogP contribution is -2.18. The lowest BCUT2D eigenvalue weighted by molar-refractivity contribution is 0.0476. The highest BCUT2D eigenvalue weighted by molar-refractivity contribution is 9.11. The lowest BCUT2D eigenvalue weighted by atomic mass is 9.86. The number of carbonyl (C=O) groups excluding carboxylic acids is 2. The Morgan fingerprint density at radius 1 is 1.06 bits per heavy atom. The molecule has 6 rings (SSSR count). The maximum Gasteiger partial charge on any atom is 0.339 e. The number of ketones is 1. The van der Waals surface area contributed by atoms with Gasteiger partial charge in [0.05, 0.1) is 25.4 Å². The number of halogens is 1. The van der Waals surface area contributed by atoms with E-state index in [4.69, 9.17) is 19.2 Å². The third-order valence-corrected chi connectivity index (χ3v) is 7.96. The molecular formula is C28H20BrNO5S. The monoisotopic (exact) mass is 561 g/mol. The van der Waals surface area contributed by atoms with Gasteiger partial charge < -0.3 is 14.2 Å². The average Bonchev–Trinajstić information content (AvgIpc) is 3.54. The smallest absolute Gasteiger partial charge is 0.339 e. The fourth-order valence-corrected chi connectivity index (χ4v) is 5.96. The first kappa shape index (κ1) is 22.9. The van der Waals surface area contributed by atoms with Crippen molar-refractivity contribution in [3.63, 3.8) is 0 Å². The summed E-state index contributed by atoms with van der Waals surface area (Å²) < 4.78 is 17.4. The van der Waals surface area contributed by atoms with Gasteiger partial charge in [0.2, 0.25) is 12.6 Å². The van der Waals surface area contributed by atoms with E-state index in [9.17, 15) is 9.59 Å². The molecule has 1 aliphatic carbocycles. The zero-order chi connectivity index (χ0) is 24.6. The van der Waals surface area contributed by atoms with Crippen molar-refractivity contribution in [2.45, 2.75) is 19.3 Å². The van der Waals surface area contributed by atoms with Gasteiger partial charge in [-0.05, 0) is 88.3 Å². The van der Waals surface area contributed by atoms with Crippen molar-refractivity contribution in [3.8, 4) is 11.5 Å². The van der Waals surface area contributed by atoms with Crippen LogP contribution >= 0.6 is 27.3 Å². The highest BCUT2D eigenvalue weighted by Gasteiger charge is 2.27. The van der Waals surface area contributed by atoms with Crippen LogP contribution in [-0.4, -0.2) is 30.1 Å². The second kappa shape index (κ2) is 9.52. The minimum absolute atomic E-state index is 0.226. The van der Waals surface area contributed by atoms with Gasteiger partial charge in [-0.1, -0.05) is 24.3 Å². The summed E-state index contributed by atoms with van der Waals surface area (Å²) in [5.74, 6) is 0.728. The number of thiophene rings is 1. The Balaban J connectivity index is 1.37. The van der Waals surface area contributed by atoms with E-state index < -0.39 is 5.97 Å². The molecule has 3 heterocycles. The standard InChI is InChI=1S/C28H20BrNO5S/c29-25-11-10-24(36-25)21(31)14-33-28(32)26-18-5-1-2-7-20(18)30-27-17(4-3-6-19(26)27)12-16-8-9-22-23(13-16)35-15-34-22/h1-2,5,7-13H,3-4,6,14-15H2/b17-12+. The van der Waals surface area contributed by atoms with Crippen LogP contribution in [0.2, 0.25) is 0 Å². The Morgan fingerprint density at radius 3 is 2.78 bits per heavy atom. The maximum atomic E-state index is 13.4. The third kappa shape index (κ3) is 4.31. The topological polar surface area (TPSA) is 74.7 Å². The van der Waals surface area contributed by atoms with E-state index in [1.165, 1.54) is 11.3 Å². The van der Waals surface area contributed by atoms with Crippen LogP contribution in [0.5, 0.6) is 11.5 Å². The van der Waals surface area contributed by atoms with Crippen LogP contribution in [0.1, 0.15) is 49.7 Å². The Hall–Kier alpha value is -3.49. The number of esters is 1. The predicted octanol–water partition coefficient (Wildman–Crippen LogP) is 6.70. The number of Topliss-reactive ketones (excluding diaryl/α,β-unsaturated/α-hetero) is 1. The molecule has 0 fully saturated rings. The molecule has 0 spiro atoms. The second-order valence-corrected chi connectivity index (χ2v) is 11.0.